The average molecular weight is 313 g/mol. The van der Waals surface area contributed by atoms with Gasteiger partial charge in [0, 0.05) is 23.2 Å². The second-order valence-corrected chi connectivity index (χ2v) is 5.65. The Bertz CT molecular complexity index is 451. The molecule has 2 rings (SSSR count). The second-order valence-electron chi connectivity index (χ2n) is 4.80. The van der Waals surface area contributed by atoms with Crippen LogP contribution in [0.4, 0.5) is 5.69 Å². The van der Waals surface area contributed by atoms with Crippen LogP contribution in [0.25, 0.3) is 0 Å². The van der Waals surface area contributed by atoms with Crippen molar-refractivity contribution in [1.82, 2.24) is 4.90 Å². The number of carboxylic acid groups (broad SMARTS) is 1. The van der Waals surface area contributed by atoms with E-state index in [1.807, 2.05) is 6.07 Å². The van der Waals surface area contributed by atoms with Gasteiger partial charge in [0.2, 0.25) is 0 Å². The van der Waals surface area contributed by atoms with Crippen LogP contribution in [0.3, 0.4) is 0 Å². The Morgan fingerprint density at radius 1 is 1.61 bits per heavy atom. The van der Waals surface area contributed by atoms with Crippen molar-refractivity contribution in [2.24, 2.45) is 5.92 Å². The Kier molecular flexibility index (Phi) is 4.24. The quantitative estimate of drug-likeness (QED) is 0.897. The summed E-state index contributed by atoms with van der Waals surface area (Å²) in [7, 11) is 2.14. The van der Waals surface area contributed by atoms with E-state index in [0.717, 1.165) is 29.8 Å². The van der Waals surface area contributed by atoms with Crippen LogP contribution in [0, 0.1) is 5.92 Å². The number of carbonyl (C=O) groups is 1. The molecule has 1 aromatic carbocycles. The third kappa shape index (κ3) is 3.23. The van der Waals surface area contributed by atoms with Crippen LogP contribution < -0.4 is 5.32 Å². The number of likely N-dealkylation sites (tertiary alicyclic amines) is 1. The molecule has 5 heteroatoms. The minimum atomic E-state index is -0.903. The first-order valence-corrected chi connectivity index (χ1v) is 6.81. The minimum absolute atomic E-state index is 0.299. The van der Waals surface area contributed by atoms with Gasteiger partial charge < -0.3 is 15.3 Å². The van der Waals surface area contributed by atoms with Crippen molar-refractivity contribution in [1.29, 1.82) is 0 Å². The first kappa shape index (κ1) is 13.4. The fourth-order valence-electron chi connectivity index (χ4n) is 2.24. The molecule has 0 aromatic heterocycles. The molecule has 2 N–H and O–H groups in total. The lowest BCUT2D eigenvalue weighted by Crippen LogP contribution is -2.19. The van der Waals surface area contributed by atoms with Crippen molar-refractivity contribution in [3.8, 4) is 0 Å². The molecule has 0 aliphatic carbocycles. The van der Waals surface area contributed by atoms with Gasteiger partial charge in [-0.15, -0.1) is 0 Å². The first-order valence-electron chi connectivity index (χ1n) is 6.01. The number of halogens is 1. The molecule has 0 saturated carbocycles. The lowest BCUT2D eigenvalue weighted by Gasteiger charge is -2.14. The van der Waals surface area contributed by atoms with Crippen molar-refractivity contribution in [3.05, 3.63) is 28.2 Å². The predicted molar refractivity (Wildman–Crippen MR) is 75.2 cm³/mol. The summed E-state index contributed by atoms with van der Waals surface area (Å²) in [6, 6.07) is 5.06. The zero-order valence-corrected chi connectivity index (χ0v) is 11.9. The Hall–Kier alpha value is -1.07. The van der Waals surface area contributed by atoms with Gasteiger partial charge in [0.25, 0.3) is 0 Å². The lowest BCUT2D eigenvalue weighted by atomic mass is 10.1. The molecule has 1 unspecified atom stereocenters. The molecule has 4 nitrogen and oxygen atoms in total. The summed E-state index contributed by atoms with van der Waals surface area (Å²) in [6.07, 6.45) is 1.22. The molecule has 1 fully saturated rings. The van der Waals surface area contributed by atoms with E-state index in [1.165, 1.54) is 6.42 Å². The number of hydrogen-bond donors (Lipinski definition) is 2. The molecule has 0 spiro atoms. The summed E-state index contributed by atoms with van der Waals surface area (Å²) in [5.74, 6) is -0.235. The Morgan fingerprint density at radius 2 is 2.39 bits per heavy atom. The summed E-state index contributed by atoms with van der Waals surface area (Å²) in [5.41, 5.74) is 1.25. The molecule has 1 aliphatic heterocycles. The SMILES string of the molecule is CN1CCC(CNc2ccc(C(=O)O)cc2Br)C1. The van der Waals surface area contributed by atoms with Crippen molar-refractivity contribution in [2.75, 3.05) is 32.0 Å². The summed E-state index contributed by atoms with van der Waals surface area (Å²) in [5, 5.41) is 12.3. The van der Waals surface area contributed by atoms with Crippen LogP contribution in [0.5, 0.6) is 0 Å². The van der Waals surface area contributed by atoms with E-state index in [4.69, 9.17) is 5.11 Å². The highest BCUT2D eigenvalue weighted by molar-refractivity contribution is 9.10. The molecule has 98 valence electrons. The van der Waals surface area contributed by atoms with Gasteiger partial charge in [-0.25, -0.2) is 4.79 Å². The van der Waals surface area contributed by atoms with Crippen molar-refractivity contribution in [3.63, 3.8) is 0 Å². The number of hydrogen-bond acceptors (Lipinski definition) is 3. The molecule has 1 atom stereocenters. The molecular formula is C13H17BrN2O2. The number of benzene rings is 1. The predicted octanol–water partition coefficient (Wildman–Crippen LogP) is 2.51. The maximum Gasteiger partial charge on any atom is 0.335 e. The van der Waals surface area contributed by atoms with Crippen molar-refractivity contribution < 1.29 is 9.90 Å². The van der Waals surface area contributed by atoms with Gasteiger partial charge in [-0.3, -0.25) is 0 Å². The van der Waals surface area contributed by atoms with E-state index >= 15 is 0 Å². The fourth-order valence-corrected chi connectivity index (χ4v) is 2.76. The summed E-state index contributed by atoms with van der Waals surface area (Å²) < 4.78 is 0.800. The number of aromatic carboxylic acids is 1. The van der Waals surface area contributed by atoms with E-state index in [1.54, 1.807) is 12.1 Å². The summed E-state index contributed by atoms with van der Waals surface area (Å²) >= 11 is 3.40. The van der Waals surface area contributed by atoms with Crippen molar-refractivity contribution in [2.45, 2.75) is 6.42 Å². The maximum atomic E-state index is 10.8. The third-order valence-electron chi connectivity index (χ3n) is 3.29. The van der Waals surface area contributed by atoms with Crippen LogP contribution >= 0.6 is 15.9 Å². The molecule has 1 aromatic rings. The molecular weight excluding hydrogens is 296 g/mol. The largest absolute Gasteiger partial charge is 0.478 e. The van der Waals surface area contributed by atoms with Gasteiger partial charge in [0.15, 0.2) is 0 Å². The minimum Gasteiger partial charge on any atom is -0.478 e. The highest BCUT2D eigenvalue weighted by atomic mass is 79.9. The van der Waals surface area contributed by atoms with Gasteiger partial charge in [0.1, 0.15) is 0 Å². The van der Waals surface area contributed by atoms with Crippen LogP contribution in [-0.2, 0) is 0 Å². The molecule has 0 radical (unpaired) electrons. The Morgan fingerprint density at radius 3 is 2.94 bits per heavy atom. The molecule has 0 amide bonds. The molecule has 0 bridgehead atoms. The van der Waals surface area contributed by atoms with Gasteiger partial charge in [0.05, 0.1) is 5.56 Å². The Labute approximate surface area is 115 Å². The van der Waals surface area contributed by atoms with E-state index in [2.05, 4.69) is 33.2 Å². The van der Waals surface area contributed by atoms with Crippen LogP contribution in [0.15, 0.2) is 22.7 Å². The van der Waals surface area contributed by atoms with Crippen LogP contribution in [-0.4, -0.2) is 42.7 Å². The number of nitrogens with one attached hydrogen (secondary N) is 1. The van der Waals surface area contributed by atoms with Crippen LogP contribution in [0.1, 0.15) is 16.8 Å². The normalized spacial score (nSPS) is 20.0. The van der Waals surface area contributed by atoms with Gasteiger partial charge in [-0.1, -0.05) is 0 Å². The van der Waals surface area contributed by atoms with E-state index in [9.17, 15) is 4.79 Å². The average Bonchev–Trinajstić information content (AvgIpc) is 2.73. The number of rotatable bonds is 4. The molecule has 18 heavy (non-hydrogen) atoms. The molecule has 1 heterocycles. The standard InChI is InChI=1S/C13H17BrN2O2/c1-16-5-4-9(8-16)7-15-12-3-2-10(13(17)18)6-11(12)14/h2-3,6,9,15H,4-5,7-8H2,1H3,(H,17,18). The second kappa shape index (κ2) is 5.71. The van der Waals surface area contributed by atoms with E-state index < -0.39 is 5.97 Å². The summed E-state index contributed by atoms with van der Waals surface area (Å²) in [6.45, 7) is 3.21. The summed E-state index contributed by atoms with van der Waals surface area (Å²) in [4.78, 5) is 13.1. The van der Waals surface area contributed by atoms with Gasteiger partial charge >= 0.3 is 5.97 Å². The number of carboxylic acids is 1. The maximum absolute atomic E-state index is 10.8. The number of anilines is 1. The zero-order chi connectivity index (χ0) is 13.1. The molecule has 1 aliphatic rings. The zero-order valence-electron chi connectivity index (χ0n) is 10.3. The van der Waals surface area contributed by atoms with Gasteiger partial charge in [-0.2, -0.15) is 0 Å². The third-order valence-corrected chi connectivity index (χ3v) is 3.94. The van der Waals surface area contributed by atoms with Gasteiger partial charge in [-0.05, 0) is 60.1 Å². The van der Waals surface area contributed by atoms with E-state index in [-0.39, 0.29) is 0 Å². The number of nitrogens with zero attached hydrogens (tertiary/aromatic N) is 1. The van der Waals surface area contributed by atoms with E-state index in [0.29, 0.717) is 11.5 Å². The topological polar surface area (TPSA) is 52.6 Å². The first-order chi connectivity index (χ1) is 8.56. The van der Waals surface area contributed by atoms with Crippen molar-refractivity contribution >= 4 is 27.6 Å². The molecule has 1 saturated heterocycles. The lowest BCUT2D eigenvalue weighted by molar-refractivity contribution is 0.0697. The van der Waals surface area contributed by atoms with Crippen LogP contribution in [0.2, 0.25) is 0 Å². The monoisotopic (exact) mass is 312 g/mol. The smallest absolute Gasteiger partial charge is 0.335 e. The Balaban J connectivity index is 1.95. The highest BCUT2D eigenvalue weighted by Crippen LogP contribution is 2.25. The highest BCUT2D eigenvalue weighted by Gasteiger charge is 2.19. The fraction of sp³-hybridized carbons (Fsp3) is 0.462.